The molecule has 4 aromatic carbocycles. The fourth-order valence-electron chi connectivity index (χ4n) is 5.78. The molecule has 0 bridgehead atoms. The maximum Gasteiger partial charge on any atom is 0.252 e. The van der Waals surface area contributed by atoms with Gasteiger partial charge in [0.2, 0.25) is 0 Å². The summed E-state index contributed by atoms with van der Waals surface area (Å²) < 4.78 is 2.92. The second kappa shape index (κ2) is 10.1. The number of aromatic nitrogens is 2. The Morgan fingerprint density at radius 3 is 1.92 bits per heavy atom. The molecule has 0 spiro atoms. The van der Waals surface area contributed by atoms with Gasteiger partial charge in [-0.25, -0.2) is 0 Å². The van der Waals surface area contributed by atoms with E-state index in [-0.39, 0.29) is 11.9 Å². The van der Waals surface area contributed by atoms with E-state index in [9.17, 15) is 4.79 Å². The van der Waals surface area contributed by atoms with Crippen LogP contribution in [0, 0.1) is 0 Å². The number of carbonyl (C=O) groups excluding carboxylic acids is 1. The molecular weight excluding hydrogens is 534 g/mol. The summed E-state index contributed by atoms with van der Waals surface area (Å²) in [4.78, 5) is 13.2. The minimum Gasteiger partial charge on any atom is -0.343 e. The molecule has 5 heteroatoms. The van der Waals surface area contributed by atoms with Gasteiger partial charge in [-0.1, -0.05) is 110 Å². The van der Waals surface area contributed by atoms with Gasteiger partial charge in [0.25, 0.3) is 5.91 Å². The van der Waals surface area contributed by atoms with Gasteiger partial charge in [-0.05, 0) is 62.7 Å². The lowest BCUT2D eigenvalue weighted by Crippen LogP contribution is -2.39. The minimum absolute atomic E-state index is 0.0477. The average molecular weight is 563 g/mol. The predicted molar refractivity (Wildman–Crippen MR) is 154 cm³/mol. The highest BCUT2D eigenvalue weighted by atomic mass is 79.9. The van der Waals surface area contributed by atoms with E-state index in [0.717, 1.165) is 44.4 Å². The number of rotatable bonds is 6. The Morgan fingerprint density at radius 1 is 0.842 bits per heavy atom. The summed E-state index contributed by atoms with van der Waals surface area (Å²) in [6, 6.07) is 37.2. The van der Waals surface area contributed by atoms with E-state index in [4.69, 9.17) is 5.10 Å². The normalized spacial score (nSPS) is 15.1. The predicted octanol–water partition coefficient (Wildman–Crippen LogP) is 7.08. The third-order valence-electron chi connectivity index (χ3n) is 7.56. The van der Waals surface area contributed by atoms with Crippen LogP contribution in [0.15, 0.2) is 120 Å². The van der Waals surface area contributed by atoms with Crippen LogP contribution in [0.5, 0.6) is 0 Å². The van der Waals surface area contributed by atoms with E-state index < -0.39 is 5.54 Å². The number of halogens is 1. The molecule has 4 nitrogen and oxygen atoms in total. The number of nitrogens with one attached hydrogen (secondary N) is 1. The van der Waals surface area contributed by atoms with Gasteiger partial charge in [-0.15, -0.1) is 0 Å². The molecule has 2 heterocycles. The van der Waals surface area contributed by atoms with Crippen LogP contribution in [0.3, 0.4) is 0 Å². The summed E-state index contributed by atoms with van der Waals surface area (Å²) >= 11 is 3.82. The van der Waals surface area contributed by atoms with Crippen molar-refractivity contribution in [2.45, 2.75) is 31.3 Å². The number of aryl methyl sites for hydroxylation is 1. The van der Waals surface area contributed by atoms with Gasteiger partial charge in [0.05, 0.1) is 16.2 Å². The summed E-state index contributed by atoms with van der Waals surface area (Å²) in [5.41, 5.74) is 6.51. The number of nitrogens with zero attached hydrogens (tertiary/aromatic N) is 2. The maximum atomic E-state index is 13.2. The first kappa shape index (κ1) is 24.4. The largest absolute Gasteiger partial charge is 0.343 e. The molecule has 38 heavy (non-hydrogen) atoms. The Labute approximate surface area is 231 Å². The van der Waals surface area contributed by atoms with Crippen LogP contribution < -0.4 is 5.32 Å². The molecule has 5 aromatic rings. The Bertz CT molecular complexity index is 1480. The lowest BCUT2D eigenvalue weighted by molar-refractivity contribution is 0.0923. The zero-order valence-electron chi connectivity index (χ0n) is 21.1. The number of benzene rings is 4. The molecule has 1 unspecified atom stereocenters. The number of carbonyl (C=O) groups is 1. The summed E-state index contributed by atoms with van der Waals surface area (Å²) in [7, 11) is 0. The molecule has 188 valence electrons. The van der Waals surface area contributed by atoms with Crippen molar-refractivity contribution >= 4 is 21.8 Å². The van der Waals surface area contributed by atoms with Crippen molar-refractivity contribution in [2.24, 2.45) is 0 Å². The lowest BCUT2D eigenvalue weighted by Gasteiger charge is -2.36. The zero-order valence-corrected chi connectivity index (χ0v) is 22.7. The van der Waals surface area contributed by atoms with E-state index in [1.54, 1.807) is 0 Å². The third kappa shape index (κ3) is 3.98. The Hall–Kier alpha value is -3.96. The third-order valence-corrected chi connectivity index (χ3v) is 8.17. The van der Waals surface area contributed by atoms with Crippen molar-refractivity contribution in [3.8, 4) is 0 Å². The van der Waals surface area contributed by atoms with E-state index in [2.05, 4.69) is 118 Å². The van der Waals surface area contributed by atoms with Crippen molar-refractivity contribution in [2.75, 3.05) is 0 Å². The van der Waals surface area contributed by atoms with E-state index >= 15 is 0 Å². The number of hydrogen-bond acceptors (Lipinski definition) is 2. The molecule has 0 aliphatic carbocycles. The molecule has 1 amide bonds. The highest BCUT2D eigenvalue weighted by Gasteiger charge is 2.40. The van der Waals surface area contributed by atoms with Gasteiger partial charge in [-0.3, -0.25) is 9.48 Å². The van der Waals surface area contributed by atoms with Crippen LogP contribution in [0.4, 0.5) is 0 Å². The van der Waals surface area contributed by atoms with Crippen molar-refractivity contribution < 1.29 is 4.79 Å². The van der Waals surface area contributed by atoms with Crippen LogP contribution >= 0.6 is 15.9 Å². The van der Waals surface area contributed by atoms with Gasteiger partial charge < -0.3 is 5.32 Å². The topological polar surface area (TPSA) is 46.9 Å². The minimum atomic E-state index is -0.713. The van der Waals surface area contributed by atoms with Crippen LogP contribution in [0.25, 0.3) is 0 Å². The highest BCUT2D eigenvalue weighted by molar-refractivity contribution is 9.10. The Morgan fingerprint density at radius 2 is 1.39 bits per heavy atom. The SMILES string of the molecule is CCc1cccc2c1CC(c1nn(C(c3ccccc3)(c3ccccc3)c3ccccc3)cc1Br)NC2=O. The average Bonchev–Trinajstić information content (AvgIpc) is 3.36. The fourth-order valence-corrected chi connectivity index (χ4v) is 6.33. The molecule has 0 radical (unpaired) electrons. The van der Waals surface area contributed by atoms with Gasteiger partial charge in [0, 0.05) is 11.8 Å². The van der Waals surface area contributed by atoms with Crippen LogP contribution in [0.1, 0.15) is 56.8 Å². The first-order valence-corrected chi connectivity index (χ1v) is 13.8. The molecule has 0 saturated heterocycles. The summed E-state index contributed by atoms with van der Waals surface area (Å²) in [5, 5.41) is 8.47. The summed E-state index contributed by atoms with van der Waals surface area (Å²) in [5.74, 6) is -0.0477. The maximum absolute atomic E-state index is 13.2. The van der Waals surface area contributed by atoms with Crippen molar-refractivity contribution in [1.82, 2.24) is 15.1 Å². The quantitative estimate of drug-likeness (QED) is 0.225. The zero-order chi connectivity index (χ0) is 26.1. The van der Waals surface area contributed by atoms with Crippen LogP contribution in [-0.2, 0) is 18.4 Å². The van der Waals surface area contributed by atoms with Gasteiger partial charge >= 0.3 is 0 Å². The second-order valence-corrected chi connectivity index (χ2v) is 10.5. The Kier molecular flexibility index (Phi) is 6.46. The van der Waals surface area contributed by atoms with Crippen molar-refractivity contribution in [1.29, 1.82) is 0 Å². The fraction of sp³-hybridized carbons (Fsp3) is 0.152. The molecular formula is C33H28BrN3O. The van der Waals surface area contributed by atoms with E-state index in [1.807, 2.05) is 30.3 Å². The number of hydrogen-bond donors (Lipinski definition) is 1. The van der Waals surface area contributed by atoms with Crippen molar-refractivity contribution in [3.63, 3.8) is 0 Å². The molecule has 1 atom stereocenters. The molecule has 1 aliphatic heterocycles. The Balaban J connectivity index is 1.56. The standard InChI is InChI=1S/C33H28BrN3O/c1-2-23-13-12-20-27-28(23)21-30(35-32(27)38)31-29(34)22-37(36-31)33(24-14-6-3-7-15-24,25-16-8-4-9-17-25)26-18-10-5-11-19-26/h3-20,22,30H,2,21H2,1H3,(H,35,38). The smallest absolute Gasteiger partial charge is 0.252 e. The van der Waals surface area contributed by atoms with E-state index in [1.165, 1.54) is 5.56 Å². The molecule has 1 aliphatic rings. The molecule has 1 aromatic heterocycles. The van der Waals surface area contributed by atoms with Gasteiger partial charge in [-0.2, -0.15) is 5.10 Å². The van der Waals surface area contributed by atoms with E-state index in [0.29, 0.717) is 6.42 Å². The lowest BCUT2D eigenvalue weighted by atomic mass is 9.77. The first-order chi connectivity index (χ1) is 18.6. The monoisotopic (exact) mass is 561 g/mol. The van der Waals surface area contributed by atoms with Crippen molar-refractivity contribution in [3.05, 3.63) is 159 Å². The summed E-state index contributed by atoms with van der Waals surface area (Å²) in [6.07, 6.45) is 3.64. The first-order valence-electron chi connectivity index (χ1n) is 13.0. The van der Waals surface area contributed by atoms with Crippen LogP contribution in [0.2, 0.25) is 0 Å². The van der Waals surface area contributed by atoms with Gasteiger partial charge in [0.15, 0.2) is 0 Å². The molecule has 0 saturated carbocycles. The molecule has 1 N–H and O–H groups in total. The number of amides is 1. The molecule has 0 fully saturated rings. The number of fused-ring (bicyclic) bond motifs is 1. The summed E-state index contributed by atoms with van der Waals surface area (Å²) in [6.45, 7) is 2.13. The van der Waals surface area contributed by atoms with Gasteiger partial charge in [0.1, 0.15) is 5.54 Å². The highest BCUT2D eigenvalue weighted by Crippen LogP contribution is 2.42. The van der Waals surface area contributed by atoms with Crippen LogP contribution in [-0.4, -0.2) is 15.7 Å². The molecule has 6 rings (SSSR count). The second-order valence-electron chi connectivity index (χ2n) is 9.64.